The molecule has 3 rings (SSSR count). The van der Waals surface area contributed by atoms with Crippen LogP contribution in [-0.2, 0) is 0 Å². The Hall–Kier alpha value is 0.540. The SMILES string of the molecule is [N-]=[N+]1C2=CC(I)C1=C2I. The van der Waals surface area contributed by atoms with E-state index in [4.69, 9.17) is 5.53 Å². The van der Waals surface area contributed by atoms with Crippen LogP contribution in [0.1, 0.15) is 0 Å². The molecule has 0 radical (unpaired) electrons. The number of halogens is 2. The first-order chi connectivity index (χ1) is 4.22. The van der Waals surface area contributed by atoms with Gasteiger partial charge in [0.05, 0.1) is 0 Å². The summed E-state index contributed by atoms with van der Waals surface area (Å²) >= 11 is 4.53. The molecule has 9 heavy (non-hydrogen) atoms. The molecule has 3 aliphatic rings. The third-order valence-electron chi connectivity index (χ3n) is 1.47. The van der Waals surface area contributed by atoms with Gasteiger partial charge in [-0.15, -0.1) is 0 Å². The summed E-state index contributed by atoms with van der Waals surface area (Å²) in [5.74, 6) is 0. The van der Waals surface area contributed by atoms with E-state index in [9.17, 15) is 0 Å². The molecule has 0 fully saturated rings. The fourth-order valence-corrected chi connectivity index (χ4v) is 3.48. The third-order valence-corrected chi connectivity index (χ3v) is 3.53. The predicted octanol–water partition coefficient (Wildman–Crippen LogP) is 2.38. The van der Waals surface area contributed by atoms with Crippen LogP contribution in [0.15, 0.2) is 21.0 Å². The summed E-state index contributed by atoms with van der Waals surface area (Å²) < 4.78 is 2.88. The molecule has 0 aromatic rings. The maximum atomic E-state index is 9.09. The summed E-state index contributed by atoms with van der Waals surface area (Å²) in [7, 11) is 0. The molecule has 0 saturated carbocycles. The lowest BCUT2D eigenvalue weighted by Gasteiger charge is -2.14. The van der Waals surface area contributed by atoms with E-state index < -0.39 is 0 Å². The first-order valence-corrected chi connectivity index (χ1v) is 4.79. The number of hydrogen-bond donors (Lipinski definition) is 0. The molecule has 1 atom stereocenters. The molecule has 0 N–H and O–H groups in total. The molecule has 2 bridgehead atoms. The van der Waals surface area contributed by atoms with Gasteiger partial charge in [0.25, 0.3) is 0 Å². The maximum Gasteiger partial charge on any atom is 0.217 e. The van der Waals surface area contributed by atoms with Crippen LogP contribution in [0.3, 0.4) is 0 Å². The third kappa shape index (κ3) is 0.607. The number of hydrogen-bond acceptors (Lipinski definition) is 0. The van der Waals surface area contributed by atoms with Gasteiger partial charge in [-0.25, -0.2) is 4.70 Å². The number of rotatable bonds is 0. The van der Waals surface area contributed by atoms with Crippen molar-refractivity contribution in [2.75, 3.05) is 0 Å². The van der Waals surface area contributed by atoms with Crippen LogP contribution >= 0.6 is 45.2 Å². The number of fused-ring (bicyclic) bond motifs is 1. The van der Waals surface area contributed by atoms with Crippen molar-refractivity contribution in [2.24, 2.45) is 0 Å². The zero-order valence-electron chi connectivity index (χ0n) is 4.31. The molecule has 0 amide bonds. The number of alkyl halides is 1. The molecule has 0 spiro atoms. The number of allylic oxidation sites excluding steroid dienone is 2. The molecule has 1 unspecified atom stereocenters. The van der Waals surface area contributed by atoms with E-state index in [0.29, 0.717) is 3.92 Å². The average molecular weight is 344 g/mol. The fourth-order valence-electron chi connectivity index (χ4n) is 0.993. The molecule has 0 saturated heterocycles. The van der Waals surface area contributed by atoms with E-state index in [-0.39, 0.29) is 0 Å². The maximum absolute atomic E-state index is 9.09. The van der Waals surface area contributed by atoms with E-state index in [1.165, 1.54) is 8.28 Å². The topological polar surface area (TPSA) is 25.3 Å². The van der Waals surface area contributed by atoms with E-state index in [1.54, 1.807) is 0 Å². The summed E-state index contributed by atoms with van der Waals surface area (Å²) in [5, 5.41) is 0. The summed E-state index contributed by atoms with van der Waals surface area (Å²) in [4.78, 5) is 0. The van der Waals surface area contributed by atoms with Crippen molar-refractivity contribution < 1.29 is 4.70 Å². The van der Waals surface area contributed by atoms with E-state index in [1.807, 2.05) is 0 Å². The Bertz CT molecular complexity index is 264. The normalized spacial score (nSPS) is 30.7. The first-order valence-electron chi connectivity index (χ1n) is 2.47. The highest BCUT2D eigenvalue weighted by molar-refractivity contribution is 14.1. The van der Waals surface area contributed by atoms with E-state index in [0.717, 1.165) is 11.4 Å². The molecule has 46 valence electrons. The Labute approximate surface area is 79.8 Å². The van der Waals surface area contributed by atoms with Gasteiger partial charge in [0, 0.05) is 6.08 Å². The van der Waals surface area contributed by atoms with Crippen LogP contribution < -0.4 is 0 Å². The molecule has 1 aliphatic carbocycles. The lowest BCUT2D eigenvalue weighted by Crippen LogP contribution is -2.15. The van der Waals surface area contributed by atoms with Crippen molar-refractivity contribution in [3.8, 4) is 0 Å². The summed E-state index contributed by atoms with van der Waals surface area (Å²) in [6.07, 6.45) is 2.05. The second-order valence-corrected chi connectivity index (χ2v) is 4.39. The molecule has 0 aromatic heterocycles. The Balaban J connectivity index is 2.61. The highest BCUT2D eigenvalue weighted by Crippen LogP contribution is 2.46. The largest absolute Gasteiger partial charge is 0.494 e. The quantitative estimate of drug-likeness (QED) is 0.366. The summed E-state index contributed by atoms with van der Waals surface area (Å²) in [5.41, 5.74) is 11.1. The zero-order chi connectivity index (χ0) is 6.59. The Morgan fingerprint density at radius 1 is 1.67 bits per heavy atom. The molecular formula is C5H2I2N2. The second kappa shape index (κ2) is 1.77. The van der Waals surface area contributed by atoms with Gasteiger partial charge in [-0.1, -0.05) is 22.6 Å². The highest BCUT2D eigenvalue weighted by Gasteiger charge is 2.44. The van der Waals surface area contributed by atoms with E-state index in [2.05, 4.69) is 51.3 Å². The average Bonchev–Trinajstić information content (AvgIpc) is 2.23. The minimum absolute atomic E-state index is 0.398. The highest BCUT2D eigenvalue weighted by atomic mass is 127. The van der Waals surface area contributed by atoms with Crippen molar-refractivity contribution in [1.29, 1.82) is 0 Å². The van der Waals surface area contributed by atoms with Crippen LogP contribution in [0, 0.1) is 0 Å². The summed E-state index contributed by atoms with van der Waals surface area (Å²) in [6.45, 7) is 0. The van der Waals surface area contributed by atoms with Crippen LogP contribution in [0.25, 0.3) is 5.53 Å². The van der Waals surface area contributed by atoms with Gasteiger partial charge in [-0.2, -0.15) is 0 Å². The van der Waals surface area contributed by atoms with Crippen molar-refractivity contribution in [3.63, 3.8) is 0 Å². The fraction of sp³-hybridized carbons (Fsp3) is 0.200. The lowest BCUT2D eigenvalue weighted by molar-refractivity contribution is -0.456. The van der Waals surface area contributed by atoms with Crippen molar-refractivity contribution in [2.45, 2.75) is 3.92 Å². The van der Waals surface area contributed by atoms with Crippen LogP contribution in [-0.4, -0.2) is 8.62 Å². The van der Waals surface area contributed by atoms with Gasteiger partial charge < -0.3 is 5.53 Å². The minimum Gasteiger partial charge on any atom is -0.494 e. The zero-order valence-corrected chi connectivity index (χ0v) is 8.62. The minimum atomic E-state index is 0.398. The van der Waals surface area contributed by atoms with Crippen molar-refractivity contribution in [1.82, 2.24) is 0 Å². The van der Waals surface area contributed by atoms with Gasteiger partial charge in [0.2, 0.25) is 11.4 Å². The Morgan fingerprint density at radius 2 is 2.33 bits per heavy atom. The Kier molecular flexibility index (Phi) is 1.24. The Morgan fingerprint density at radius 3 is 2.44 bits per heavy atom. The van der Waals surface area contributed by atoms with Gasteiger partial charge in [0.1, 0.15) is 3.92 Å². The second-order valence-electron chi connectivity index (χ2n) is 1.96. The molecular weight excluding hydrogens is 342 g/mol. The van der Waals surface area contributed by atoms with E-state index >= 15 is 0 Å². The lowest BCUT2D eigenvalue weighted by atomic mass is 10.3. The molecule has 2 heterocycles. The number of nitrogens with zero attached hydrogens (tertiary/aromatic N) is 2. The summed E-state index contributed by atoms with van der Waals surface area (Å²) in [6, 6.07) is 0. The molecule has 0 aromatic carbocycles. The van der Waals surface area contributed by atoms with Crippen LogP contribution in [0.5, 0.6) is 0 Å². The first kappa shape index (κ1) is 6.26. The van der Waals surface area contributed by atoms with Gasteiger partial charge in [-0.05, 0) is 22.6 Å². The molecule has 4 heteroatoms. The van der Waals surface area contributed by atoms with Gasteiger partial charge >= 0.3 is 0 Å². The van der Waals surface area contributed by atoms with Crippen LogP contribution in [0.2, 0.25) is 0 Å². The molecule has 2 nitrogen and oxygen atoms in total. The predicted molar refractivity (Wildman–Crippen MR) is 50.6 cm³/mol. The van der Waals surface area contributed by atoms with Crippen molar-refractivity contribution in [3.05, 3.63) is 26.6 Å². The van der Waals surface area contributed by atoms with Crippen molar-refractivity contribution >= 4 is 45.2 Å². The van der Waals surface area contributed by atoms with Crippen LogP contribution in [0.4, 0.5) is 0 Å². The standard InChI is InChI=1S/C5H2I2N2/c6-2-1-3-4(7)5(2)9(3)8/h1-2H. The molecule has 2 aliphatic heterocycles. The van der Waals surface area contributed by atoms with Gasteiger partial charge in [-0.3, -0.25) is 0 Å². The monoisotopic (exact) mass is 344 g/mol. The smallest absolute Gasteiger partial charge is 0.217 e. The van der Waals surface area contributed by atoms with Gasteiger partial charge in [0.15, 0.2) is 3.58 Å².